The summed E-state index contributed by atoms with van der Waals surface area (Å²) >= 11 is 6.43. The molecule has 4 aromatic rings. The molecule has 0 bridgehead atoms. The molecule has 38 heavy (non-hydrogen) atoms. The molecule has 2 amide bonds. The highest BCUT2D eigenvalue weighted by Crippen LogP contribution is 2.28. The zero-order valence-corrected chi connectivity index (χ0v) is 22.2. The summed E-state index contributed by atoms with van der Waals surface area (Å²) in [4.78, 5) is 29.9. The van der Waals surface area contributed by atoms with E-state index >= 15 is 0 Å². The predicted molar refractivity (Wildman–Crippen MR) is 139 cm³/mol. The van der Waals surface area contributed by atoms with Crippen LogP contribution in [0.5, 0.6) is 0 Å². The van der Waals surface area contributed by atoms with Crippen LogP contribution in [0.1, 0.15) is 43.7 Å². The number of furan rings is 1. The number of amides is 2. The van der Waals surface area contributed by atoms with Gasteiger partial charge in [0.05, 0.1) is 0 Å². The summed E-state index contributed by atoms with van der Waals surface area (Å²) in [5.41, 5.74) is 0.487. The number of aromatic nitrogens is 4. The first kappa shape index (κ1) is 27.0. The summed E-state index contributed by atoms with van der Waals surface area (Å²) in [6.07, 6.45) is 0. The standard InChI is InChI=1S/C27H28ClFN6O3/c1-17-9-14-22(38-17)25-31-33-35(32-25)16-23(36)34(15-19-7-5-6-8-21(19)28)24(26(37)30-27(2,3)4)18-10-12-20(29)13-11-18/h5-14,24H,15-16H2,1-4H3,(H,30,37)/t24-/m0/s1. The number of aryl methyl sites for hydroxylation is 1. The van der Waals surface area contributed by atoms with Crippen LogP contribution < -0.4 is 5.32 Å². The molecule has 2 aromatic carbocycles. The highest BCUT2D eigenvalue weighted by atomic mass is 35.5. The number of halogens is 2. The molecule has 0 aliphatic rings. The maximum atomic E-state index is 13.8. The van der Waals surface area contributed by atoms with E-state index in [2.05, 4.69) is 20.7 Å². The topological polar surface area (TPSA) is 106 Å². The highest BCUT2D eigenvalue weighted by Gasteiger charge is 2.34. The Morgan fingerprint density at radius 2 is 1.82 bits per heavy atom. The molecule has 0 saturated carbocycles. The molecule has 0 spiro atoms. The number of nitrogens with one attached hydrogen (secondary N) is 1. The first-order valence-corrected chi connectivity index (χ1v) is 12.3. The second kappa shape index (κ2) is 11.1. The molecule has 11 heteroatoms. The van der Waals surface area contributed by atoms with Gasteiger partial charge in [0.2, 0.25) is 17.6 Å². The van der Waals surface area contributed by atoms with Crippen LogP contribution in [0, 0.1) is 12.7 Å². The van der Waals surface area contributed by atoms with Crippen molar-refractivity contribution in [3.8, 4) is 11.6 Å². The van der Waals surface area contributed by atoms with Gasteiger partial charge in [-0.2, -0.15) is 4.80 Å². The third-order valence-corrected chi connectivity index (χ3v) is 5.92. The Bertz CT molecular complexity index is 1430. The van der Waals surface area contributed by atoms with Crippen LogP contribution in [0.25, 0.3) is 11.6 Å². The fraction of sp³-hybridized carbons (Fsp3) is 0.296. The number of rotatable bonds is 8. The molecule has 4 rings (SSSR count). The molecular formula is C27H28ClFN6O3. The second-order valence-electron chi connectivity index (χ2n) is 9.86. The van der Waals surface area contributed by atoms with E-state index in [-0.39, 0.29) is 18.9 Å². The first-order valence-electron chi connectivity index (χ1n) is 11.9. The van der Waals surface area contributed by atoms with E-state index in [1.54, 1.807) is 43.3 Å². The van der Waals surface area contributed by atoms with Gasteiger partial charge in [0.15, 0.2) is 5.76 Å². The fourth-order valence-corrected chi connectivity index (χ4v) is 4.06. The Hall–Kier alpha value is -4.05. The van der Waals surface area contributed by atoms with E-state index in [4.69, 9.17) is 16.0 Å². The van der Waals surface area contributed by atoms with Crippen molar-refractivity contribution in [3.63, 3.8) is 0 Å². The number of hydrogen-bond acceptors (Lipinski definition) is 6. The van der Waals surface area contributed by atoms with Gasteiger partial charge in [-0.1, -0.05) is 41.9 Å². The van der Waals surface area contributed by atoms with Crippen molar-refractivity contribution >= 4 is 23.4 Å². The highest BCUT2D eigenvalue weighted by molar-refractivity contribution is 6.31. The minimum atomic E-state index is -1.09. The number of carbonyl (C=O) groups excluding carboxylic acids is 2. The maximum Gasteiger partial charge on any atom is 0.247 e. The van der Waals surface area contributed by atoms with Crippen LogP contribution in [0.15, 0.2) is 65.1 Å². The van der Waals surface area contributed by atoms with Crippen molar-refractivity contribution in [2.75, 3.05) is 0 Å². The summed E-state index contributed by atoms with van der Waals surface area (Å²) in [7, 11) is 0. The molecule has 0 saturated heterocycles. The lowest BCUT2D eigenvalue weighted by Crippen LogP contribution is -2.49. The molecule has 0 radical (unpaired) electrons. The van der Waals surface area contributed by atoms with Crippen molar-refractivity contribution in [3.05, 3.63) is 88.4 Å². The van der Waals surface area contributed by atoms with Crippen LogP contribution in [0.3, 0.4) is 0 Å². The number of nitrogens with zero attached hydrogens (tertiary/aromatic N) is 5. The normalized spacial score (nSPS) is 12.3. The maximum absolute atomic E-state index is 13.8. The molecule has 1 atom stereocenters. The monoisotopic (exact) mass is 538 g/mol. The van der Waals surface area contributed by atoms with Gasteiger partial charge in [-0.05, 0) is 74.4 Å². The van der Waals surface area contributed by atoms with Crippen molar-refractivity contribution in [2.24, 2.45) is 0 Å². The van der Waals surface area contributed by atoms with Gasteiger partial charge in [0, 0.05) is 17.1 Å². The Morgan fingerprint density at radius 3 is 2.45 bits per heavy atom. The van der Waals surface area contributed by atoms with Crippen LogP contribution in [-0.2, 0) is 22.7 Å². The molecular weight excluding hydrogens is 511 g/mol. The van der Waals surface area contributed by atoms with E-state index < -0.39 is 29.2 Å². The van der Waals surface area contributed by atoms with Crippen LogP contribution >= 0.6 is 11.6 Å². The minimum Gasteiger partial charge on any atom is -0.458 e. The largest absolute Gasteiger partial charge is 0.458 e. The van der Waals surface area contributed by atoms with Crippen molar-refractivity contribution in [2.45, 2.75) is 52.4 Å². The lowest BCUT2D eigenvalue weighted by atomic mass is 10.0. The molecule has 0 aliphatic heterocycles. The zero-order chi connectivity index (χ0) is 27.4. The van der Waals surface area contributed by atoms with Gasteiger partial charge in [0.25, 0.3) is 0 Å². The third-order valence-electron chi connectivity index (χ3n) is 5.55. The zero-order valence-electron chi connectivity index (χ0n) is 21.5. The fourth-order valence-electron chi connectivity index (χ4n) is 3.86. The van der Waals surface area contributed by atoms with Gasteiger partial charge in [-0.15, -0.1) is 10.2 Å². The predicted octanol–water partition coefficient (Wildman–Crippen LogP) is 4.72. The van der Waals surface area contributed by atoms with E-state index in [0.717, 1.165) is 4.80 Å². The summed E-state index contributed by atoms with van der Waals surface area (Å²) in [6, 6.07) is 14.9. The van der Waals surface area contributed by atoms with Crippen LogP contribution in [0.2, 0.25) is 5.02 Å². The van der Waals surface area contributed by atoms with E-state index in [0.29, 0.717) is 27.7 Å². The lowest BCUT2D eigenvalue weighted by Gasteiger charge is -2.34. The number of carbonyl (C=O) groups is 2. The Morgan fingerprint density at radius 1 is 1.11 bits per heavy atom. The molecule has 1 N–H and O–H groups in total. The lowest BCUT2D eigenvalue weighted by molar-refractivity contribution is -0.143. The van der Waals surface area contributed by atoms with E-state index in [9.17, 15) is 14.0 Å². The van der Waals surface area contributed by atoms with Crippen molar-refractivity contribution in [1.29, 1.82) is 0 Å². The number of tetrazole rings is 1. The summed E-state index contributed by atoms with van der Waals surface area (Å²) < 4.78 is 19.3. The Kier molecular flexibility index (Phi) is 7.91. The average molecular weight is 539 g/mol. The summed E-state index contributed by atoms with van der Waals surface area (Å²) in [5.74, 6) is -0.0248. The molecule has 198 valence electrons. The Balaban J connectivity index is 1.72. The summed E-state index contributed by atoms with van der Waals surface area (Å²) in [6.45, 7) is 7.01. The van der Waals surface area contributed by atoms with Gasteiger partial charge in [0.1, 0.15) is 24.2 Å². The quantitative estimate of drug-likeness (QED) is 0.348. The van der Waals surface area contributed by atoms with Gasteiger partial charge in [-0.3, -0.25) is 9.59 Å². The first-order chi connectivity index (χ1) is 18.0. The number of hydrogen-bond donors (Lipinski definition) is 1. The molecule has 0 unspecified atom stereocenters. The molecule has 2 heterocycles. The van der Waals surface area contributed by atoms with Crippen LogP contribution in [-0.4, -0.2) is 42.5 Å². The van der Waals surface area contributed by atoms with Crippen molar-refractivity contribution < 1.29 is 18.4 Å². The van der Waals surface area contributed by atoms with Crippen molar-refractivity contribution in [1.82, 2.24) is 30.4 Å². The molecule has 2 aromatic heterocycles. The van der Waals surface area contributed by atoms with Crippen LogP contribution in [0.4, 0.5) is 4.39 Å². The van der Waals surface area contributed by atoms with E-state index in [1.165, 1.54) is 29.2 Å². The molecule has 0 fully saturated rings. The molecule has 0 aliphatic carbocycles. The SMILES string of the molecule is Cc1ccc(-c2nnn(CC(=O)N(Cc3ccccc3Cl)[C@H](C(=O)NC(C)(C)C)c3ccc(F)cc3)n2)o1. The Labute approximate surface area is 224 Å². The number of benzene rings is 2. The van der Waals surface area contributed by atoms with Gasteiger partial charge >= 0.3 is 0 Å². The molecule has 9 nitrogen and oxygen atoms in total. The summed E-state index contributed by atoms with van der Waals surface area (Å²) in [5, 5.41) is 15.6. The third kappa shape index (κ3) is 6.63. The minimum absolute atomic E-state index is 0.0110. The van der Waals surface area contributed by atoms with Gasteiger partial charge in [-0.25, -0.2) is 4.39 Å². The second-order valence-corrected chi connectivity index (χ2v) is 10.3. The van der Waals surface area contributed by atoms with Gasteiger partial charge < -0.3 is 14.6 Å². The average Bonchev–Trinajstić information content (AvgIpc) is 3.48. The van der Waals surface area contributed by atoms with E-state index in [1.807, 2.05) is 20.8 Å². The smallest absolute Gasteiger partial charge is 0.247 e.